The Morgan fingerprint density at radius 3 is 2.28 bits per heavy atom. The molecular formula is C21H35N3O. The Labute approximate surface area is 152 Å². The van der Waals surface area contributed by atoms with Crippen molar-refractivity contribution in [3.8, 4) is 0 Å². The van der Waals surface area contributed by atoms with E-state index < -0.39 is 0 Å². The number of rotatable bonds is 4. The van der Waals surface area contributed by atoms with Crippen LogP contribution in [0.1, 0.15) is 57.8 Å². The van der Waals surface area contributed by atoms with Gasteiger partial charge in [-0.05, 0) is 102 Å². The van der Waals surface area contributed by atoms with Gasteiger partial charge in [-0.2, -0.15) is 0 Å². The number of carbonyl (C=O) groups excluding carboxylic acids is 1. The summed E-state index contributed by atoms with van der Waals surface area (Å²) in [6.07, 6.45) is 11.9. The lowest BCUT2D eigenvalue weighted by molar-refractivity contribution is -0.129. The molecule has 4 bridgehead atoms. The summed E-state index contributed by atoms with van der Waals surface area (Å²) in [6.45, 7) is 3.43. The van der Waals surface area contributed by atoms with Gasteiger partial charge >= 0.3 is 0 Å². The number of likely N-dealkylation sites (N-methyl/N-ethyl adjacent to an activating group) is 1. The molecule has 1 N–H and O–H groups in total. The molecule has 0 unspecified atom stereocenters. The molecule has 6 aliphatic rings. The topological polar surface area (TPSA) is 35.6 Å². The normalized spacial score (nSPS) is 46.8. The third kappa shape index (κ3) is 3.03. The van der Waals surface area contributed by atoms with Gasteiger partial charge in [0.15, 0.2) is 0 Å². The number of amides is 1. The van der Waals surface area contributed by atoms with Crippen LogP contribution in [0.2, 0.25) is 0 Å². The molecule has 0 aromatic carbocycles. The SMILES string of the molecule is CN1CCC[C@@H]1CN1CCC[C@@H]1C(=O)NC1C2CC3CC(C2)CC1C3. The fourth-order valence-electron chi connectivity index (χ4n) is 7.24. The smallest absolute Gasteiger partial charge is 0.237 e. The Kier molecular flexibility index (Phi) is 4.32. The van der Waals surface area contributed by atoms with Gasteiger partial charge in [-0.25, -0.2) is 0 Å². The molecule has 0 aromatic rings. The minimum Gasteiger partial charge on any atom is -0.351 e. The summed E-state index contributed by atoms with van der Waals surface area (Å²) >= 11 is 0. The van der Waals surface area contributed by atoms with Gasteiger partial charge in [0.1, 0.15) is 0 Å². The van der Waals surface area contributed by atoms with Crippen LogP contribution in [0.25, 0.3) is 0 Å². The number of likely N-dealkylation sites (tertiary alicyclic amines) is 2. The van der Waals surface area contributed by atoms with Gasteiger partial charge in [0, 0.05) is 18.6 Å². The Hall–Kier alpha value is -0.610. The first kappa shape index (κ1) is 16.6. The van der Waals surface area contributed by atoms with Crippen LogP contribution in [0.5, 0.6) is 0 Å². The predicted molar refractivity (Wildman–Crippen MR) is 99.2 cm³/mol. The maximum Gasteiger partial charge on any atom is 0.237 e. The van der Waals surface area contributed by atoms with Gasteiger partial charge in [0.2, 0.25) is 5.91 Å². The van der Waals surface area contributed by atoms with Gasteiger partial charge < -0.3 is 10.2 Å². The molecule has 0 aromatic heterocycles. The molecule has 0 spiro atoms. The molecule has 2 heterocycles. The maximum atomic E-state index is 13.1. The number of carbonyl (C=O) groups is 1. The highest BCUT2D eigenvalue weighted by atomic mass is 16.2. The summed E-state index contributed by atoms with van der Waals surface area (Å²) in [5.74, 6) is 3.90. The molecule has 1 amide bonds. The van der Waals surface area contributed by atoms with Crippen molar-refractivity contribution in [2.75, 3.05) is 26.7 Å². The summed E-state index contributed by atoms with van der Waals surface area (Å²) in [6, 6.07) is 1.30. The molecule has 2 saturated heterocycles. The van der Waals surface area contributed by atoms with Crippen molar-refractivity contribution < 1.29 is 4.79 Å². The van der Waals surface area contributed by atoms with Gasteiger partial charge in [0.25, 0.3) is 0 Å². The van der Waals surface area contributed by atoms with Crippen LogP contribution in [0.3, 0.4) is 0 Å². The lowest BCUT2D eigenvalue weighted by Crippen LogP contribution is -2.58. The second-order valence-corrected chi connectivity index (χ2v) is 9.89. The first-order chi connectivity index (χ1) is 12.2. The zero-order chi connectivity index (χ0) is 17.0. The van der Waals surface area contributed by atoms with Crippen molar-refractivity contribution in [1.29, 1.82) is 0 Å². The second kappa shape index (κ2) is 6.53. The van der Waals surface area contributed by atoms with Crippen LogP contribution in [0.15, 0.2) is 0 Å². The van der Waals surface area contributed by atoms with Crippen molar-refractivity contribution in [3.63, 3.8) is 0 Å². The van der Waals surface area contributed by atoms with Crippen LogP contribution < -0.4 is 5.32 Å². The van der Waals surface area contributed by atoms with Crippen LogP contribution >= 0.6 is 0 Å². The van der Waals surface area contributed by atoms with Crippen LogP contribution in [0.4, 0.5) is 0 Å². The van der Waals surface area contributed by atoms with E-state index in [4.69, 9.17) is 0 Å². The average Bonchev–Trinajstić information content (AvgIpc) is 3.20. The van der Waals surface area contributed by atoms with Crippen molar-refractivity contribution >= 4 is 5.91 Å². The third-order valence-electron chi connectivity index (χ3n) is 8.32. The molecule has 4 heteroatoms. The van der Waals surface area contributed by atoms with Gasteiger partial charge in [0.05, 0.1) is 6.04 Å². The van der Waals surface area contributed by atoms with E-state index >= 15 is 0 Å². The molecule has 25 heavy (non-hydrogen) atoms. The Bertz CT molecular complexity index is 493. The minimum atomic E-state index is 0.145. The monoisotopic (exact) mass is 345 g/mol. The van der Waals surface area contributed by atoms with E-state index in [1.165, 1.54) is 57.9 Å². The highest BCUT2D eigenvalue weighted by Gasteiger charge is 2.49. The molecule has 4 aliphatic carbocycles. The fraction of sp³-hybridized carbons (Fsp3) is 0.952. The molecule has 6 rings (SSSR count). The number of nitrogens with one attached hydrogen (secondary N) is 1. The third-order valence-corrected chi connectivity index (χ3v) is 8.32. The van der Waals surface area contributed by atoms with Crippen molar-refractivity contribution in [2.45, 2.75) is 75.9 Å². The molecular weight excluding hydrogens is 310 g/mol. The molecule has 4 saturated carbocycles. The highest BCUT2D eigenvalue weighted by molar-refractivity contribution is 5.82. The van der Waals surface area contributed by atoms with Gasteiger partial charge in [-0.1, -0.05) is 0 Å². The predicted octanol–water partition coefficient (Wildman–Crippen LogP) is 2.49. The van der Waals surface area contributed by atoms with Crippen molar-refractivity contribution in [1.82, 2.24) is 15.1 Å². The lowest BCUT2D eigenvalue weighted by Gasteiger charge is -2.54. The summed E-state index contributed by atoms with van der Waals surface area (Å²) in [5.41, 5.74) is 0. The lowest BCUT2D eigenvalue weighted by atomic mass is 9.54. The first-order valence-corrected chi connectivity index (χ1v) is 10.9. The van der Waals surface area contributed by atoms with Crippen molar-refractivity contribution in [2.24, 2.45) is 23.7 Å². The first-order valence-electron chi connectivity index (χ1n) is 10.9. The molecule has 4 nitrogen and oxygen atoms in total. The molecule has 2 atom stereocenters. The average molecular weight is 346 g/mol. The van der Waals surface area contributed by atoms with Crippen LogP contribution in [0, 0.1) is 23.7 Å². The summed E-state index contributed by atoms with van der Waals surface area (Å²) in [5, 5.41) is 3.58. The molecule has 2 aliphatic heterocycles. The zero-order valence-electron chi connectivity index (χ0n) is 15.8. The van der Waals surface area contributed by atoms with Crippen molar-refractivity contribution in [3.05, 3.63) is 0 Å². The number of hydrogen-bond acceptors (Lipinski definition) is 3. The largest absolute Gasteiger partial charge is 0.351 e. The van der Waals surface area contributed by atoms with E-state index in [2.05, 4.69) is 22.2 Å². The zero-order valence-corrected chi connectivity index (χ0v) is 15.8. The summed E-state index contributed by atoms with van der Waals surface area (Å²) in [7, 11) is 2.25. The maximum absolute atomic E-state index is 13.1. The van der Waals surface area contributed by atoms with Gasteiger partial charge in [-0.15, -0.1) is 0 Å². The van der Waals surface area contributed by atoms with E-state index in [1.807, 2.05) is 0 Å². The molecule has 6 fully saturated rings. The fourth-order valence-corrected chi connectivity index (χ4v) is 7.24. The molecule has 0 radical (unpaired) electrons. The van der Waals surface area contributed by atoms with Gasteiger partial charge in [-0.3, -0.25) is 9.69 Å². The number of hydrogen-bond donors (Lipinski definition) is 1. The minimum absolute atomic E-state index is 0.145. The van der Waals surface area contributed by atoms with E-state index in [-0.39, 0.29) is 6.04 Å². The molecule has 140 valence electrons. The van der Waals surface area contributed by atoms with Crippen LogP contribution in [-0.2, 0) is 4.79 Å². The summed E-state index contributed by atoms with van der Waals surface area (Å²) in [4.78, 5) is 18.1. The highest BCUT2D eigenvalue weighted by Crippen LogP contribution is 2.53. The number of nitrogens with zero attached hydrogens (tertiary/aromatic N) is 2. The van der Waals surface area contributed by atoms with E-state index in [1.54, 1.807) is 0 Å². The quantitative estimate of drug-likeness (QED) is 0.850. The Balaban J connectivity index is 1.21. The standard InChI is InChI=1S/C21H35N3O/c1-23-6-2-4-18(23)13-24-7-3-5-19(24)21(25)22-20-16-9-14-8-15(11-16)12-17(20)10-14/h14-20H,2-13H2,1H3,(H,22,25)/t14?,15?,16?,17?,18-,19-,20?/m1/s1. The Morgan fingerprint density at radius 1 is 0.960 bits per heavy atom. The van der Waals surface area contributed by atoms with Crippen LogP contribution in [-0.4, -0.2) is 60.5 Å². The van der Waals surface area contributed by atoms with E-state index in [0.717, 1.165) is 43.2 Å². The second-order valence-electron chi connectivity index (χ2n) is 9.89. The summed E-state index contributed by atoms with van der Waals surface area (Å²) < 4.78 is 0. The van der Waals surface area contributed by atoms with E-state index in [0.29, 0.717) is 18.0 Å². The Morgan fingerprint density at radius 2 is 1.64 bits per heavy atom. The van der Waals surface area contributed by atoms with E-state index in [9.17, 15) is 4.79 Å².